The fourth-order valence-electron chi connectivity index (χ4n) is 10.7. The van der Waals surface area contributed by atoms with E-state index in [2.05, 4.69) is 177 Å². The van der Waals surface area contributed by atoms with E-state index in [0.29, 0.717) is 28.3 Å². The predicted octanol–water partition coefficient (Wildman–Crippen LogP) is 15.0. The van der Waals surface area contributed by atoms with Gasteiger partial charge in [-0.25, -0.2) is 0 Å². The Kier molecular flexibility index (Phi) is 7.06. The van der Waals surface area contributed by atoms with Gasteiger partial charge in [-0.1, -0.05) is 133 Å². The number of aromatic nitrogens is 3. The van der Waals surface area contributed by atoms with Crippen molar-refractivity contribution in [2.45, 2.75) is 0 Å². The van der Waals surface area contributed by atoms with Crippen molar-refractivity contribution in [2.75, 3.05) is 5.73 Å². The van der Waals surface area contributed by atoms with E-state index >= 15 is 0 Å². The number of hydrogen-bond donors (Lipinski definition) is 1. The van der Waals surface area contributed by atoms with Crippen LogP contribution in [-0.2, 0) is 0 Å². The van der Waals surface area contributed by atoms with Crippen molar-refractivity contribution < 1.29 is 0 Å². The number of benzene rings is 9. The SMILES string of the molecule is N#Cc1c(N)c(-n2c3ccccc3c3ccc4c5ccccc5sc4c32)c(-n2c3ccccc3c3ccccc32)c(C#N)c1-n1c2ccccc2c2ccc3c4ccccc4sc3c21. The highest BCUT2D eigenvalue weighted by atomic mass is 32.1. The summed E-state index contributed by atoms with van der Waals surface area (Å²) in [5, 5.41) is 34.7. The van der Waals surface area contributed by atoms with Crippen molar-refractivity contribution >= 4 is 134 Å². The first-order valence-electron chi connectivity index (χ1n) is 21.1. The number of anilines is 1. The molecule has 14 aromatic rings. The smallest absolute Gasteiger partial charge is 0.104 e. The molecule has 5 heterocycles. The zero-order valence-corrected chi connectivity index (χ0v) is 35.4. The quantitative estimate of drug-likeness (QED) is 0.180. The molecule has 14 rings (SSSR count). The first kappa shape index (κ1) is 35.2. The van der Waals surface area contributed by atoms with E-state index in [0.717, 1.165) is 85.6 Å². The van der Waals surface area contributed by atoms with Crippen LogP contribution in [0.1, 0.15) is 11.1 Å². The first-order chi connectivity index (χ1) is 31.6. The molecule has 0 saturated carbocycles. The van der Waals surface area contributed by atoms with E-state index in [9.17, 15) is 10.5 Å². The average Bonchev–Trinajstić information content (AvgIpc) is 4.15. The molecule has 0 atom stereocenters. The van der Waals surface area contributed by atoms with Crippen LogP contribution in [0, 0.1) is 22.7 Å². The molecule has 0 unspecified atom stereocenters. The number of nitrogens with two attached hydrogens (primary N) is 1. The topological polar surface area (TPSA) is 88.4 Å². The van der Waals surface area contributed by atoms with Crippen LogP contribution in [0.25, 0.3) is 123 Å². The summed E-state index contributed by atoms with van der Waals surface area (Å²) in [7, 11) is 0. The van der Waals surface area contributed by atoms with Crippen LogP contribution in [-0.4, -0.2) is 13.7 Å². The van der Waals surface area contributed by atoms with E-state index in [-0.39, 0.29) is 5.56 Å². The Labute approximate surface area is 372 Å². The highest BCUT2D eigenvalue weighted by Crippen LogP contribution is 2.50. The minimum Gasteiger partial charge on any atom is -0.396 e. The highest BCUT2D eigenvalue weighted by Gasteiger charge is 2.32. The fourth-order valence-corrected chi connectivity index (χ4v) is 13.2. The van der Waals surface area contributed by atoms with Gasteiger partial charge in [-0.3, -0.25) is 0 Å². The molecule has 0 radical (unpaired) electrons. The molecular formula is C56H30N6S2. The van der Waals surface area contributed by atoms with Crippen LogP contribution in [0.3, 0.4) is 0 Å². The highest BCUT2D eigenvalue weighted by molar-refractivity contribution is 7.27. The lowest BCUT2D eigenvalue weighted by Crippen LogP contribution is -2.15. The molecule has 64 heavy (non-hydrogen) atoms. The second-order valence-corrected chi connectivity index (χ2v) is 18.5. The second-order valence-electron chi connectivity index (χ2n) is 16.4. The number of rotatable bonds is 3. The van der Waals surface area contributed by atoms with Gasteiger partial charge in [0, 0.05) is 63.3 Å². The first-order valence-corrected chi connectivity index (χ1v) is 22.7. The number of hydrogen-bond acceptors (Lipinski definition) is 5. The lowest BCUT2D eigenvalue weighted by molar-refractivity contribution is 1.07. The summed E-state index contributed by atoms with van der Waals surface area (Å²) in [6, 6.07) is 64.7. The average molecular weight is 851 g/mol. The lowest BCUT2D eigenvalue weighted by Gasteiger charge is -2.24. The van der Waals surface area contributed by atoms with Crippen LogP contribution in [0.15, 0.2) is 170 Å². The van der Waals surface area contributed by atoms with Crippen LogP contribution in [0.4, 0.5) is 5.69 Å². The third-order valence-corrected chi connectivity index (χ3v) is 15.7. The summed E-state index contributed by atoms with van der Waals surface area (Å²) in [5.41, 5.74) is 16.0. The number of para-hydroxylation sites is 4. The van der Waals surface area contributed by atoms with Gasteiger partial charge in [0.05, 0.1) is 65.2 Å². The maximum Gasteiger partial charge on any atom is 0.104 e. The molecule has 0 saturated heterocycles. The van der Waals surface area contributed by atoms with Crippen LogP contribution in [0.5, 0.6) is 0 Å². The van der Waals surface area contributed by atoms with Gasteiger partial charge in [0.1, 0.15) is 23.3 Å². The van der Waals surface area contributed by atoms with E-state index < -0.39 is 0 Å². The molecule has 6 nitrogen and oxygen atoms in total. The van der Waals surface area contributed by atoms with Crippen molar-refractivity contribution in [3.05, 3.63) is 181 Å². The number of thiophene rings is 2. The van der Waals surface area contributed by atoms with Gasteiger partial charge in [0.25, 0.3) is 0 Å². The third kappa shape index (κ3) is 4.40. The molecule has 0 fully saturated rings. The van der Waals surface area contributed by atoms with E-state index in [1.807, 2.05) is 18.2 Å². The molecule has 0 amide bonds. The van der Waals surface area contributed by atoms with Gasteiger partial charge in [0.2, 0.25) is 0 Å². The molecule has 0 aliphatic carbocycles. The predicted molar refractivity (Wildman–Crippen MR) is 269 cm³/mol. The molecule has 0 aliphatic heterocycles. The fraction of sp³-hybridized carbons (Fsp3) is 0. The molecule has 0 aliphatic rings. The minimum atomic E-state index is 0.242. The summed E-state index contributed by atoms with van der Waals surface area (Å²) in [5.74, 6) is 0. The standard InChI is InChI=1S/C56H30N6S2/c57-29-41-49(59)54(62-46-22-10-4-16-34(46)38-26-28-40-36-18-6-12-24-48(36)64-56(40)53(38)62)51(60-43-19-7-1-13-31(43)32-14-2-8-20-44(32)60)42(30-58)50(41)61-45-21-9-3-15-33(45)37-25-27-39-35-17-5-11-23-47(35)63-55(39)52(37)61/h1-28H,59H2. The van der Waals surface area contributed by atoms with E-state index in [1.54, 1.807) is 22.7 Å². The van der Waals surface area contributed by atoms with Crippen LogP contribution >= 0.6 is 22.7 Å². The van der Waals surface area contributed by atoms with Gasteiger partial charge >= 0.3 is 0 Å². The lowest BCUT2D eigenvalue weighted by atomic mass is 9.99. The Morgan fingerprint density at radius 1 is 0.344 bits per heavy atom. The Hall–Kier alpha value is -8.40. The Morgan fingerprint density at radius 3 is 1.16 bits per heavy atom. The summed E-state index contributed by atoms with van der Waals surface area (Å²) in [6.07, 6.45) is 0. The summed E-state index contributed by atoms with van der Waals surface area (Å²) in [6.45, 7) is 0. The molecule has 0 spiro atoms. The van der Waals surface area contributed by atoms with Crippen molar-refractivity contribution in [1.82, 2.24) is 13.7 Å². The third-order valence-electron chi connectivity index (χ3n) is 13.3. The normalized spacial score (nSPS) is 12.1. The van der Waals surface area contributed by atoms with Gasteiger partial charge in [-0.2, -0.15) is 10.5 Å². The number of nitrogens with zero attached hydrogens (tertiary/aromatic N) is 5. The summed E-state index contributed by atoms with van der Waals surface area (Å²) < 4.78 is 11.2. The summed E-state index contributed by atoms with van der Waals surface area (Å²) >= 11 is 3.49. The van der Waals surface area contributed by atoms with Crippen molar-refractivity contribution in [1.29, 1.82) is 10.5 Å². The zero-order chi connectivity index (χ0) is 42.4. The summed E-state index contributed by atoms with van der Waals surface area (Å²) in [4.78, 5) is 0. The maximum absolute atomic E-state index is 12.1. The Balaban J connectivity index is 1.26. The number of fused-ring (bicyclic) bond motifs is 17. The van der Waals surface area contributed by atoms with Gasteiger partial charge in [-0.15, -0.1) is 22.7 Å². The van der Waals surface area contributed by atoms with Crippen molar-refractivity contribution in [3.63, 3.8) is 0 Å². The maximum atomic E-state index is 12.1. The molecule has 5 aromatic heterocycles. The number of nitrogen functional groups attached to an aromatic ring is 1. The Bertz CT molecular complexity index is 4430. The molecule has 0 bridgehead atoms. The molecular weight excluding hydrogens is 821 g/mol. The van der Waals surface area contributed by atoms with Crippen LogP contribution < -0.4 is 5.73 Å². The van der Waals surface area contributed by atoms with Gasteiger partial charge in [-0.05, 0) is 36.4 Å². The van der Waals surface area contributed by atoms with E-state index in [1.165, 1.54) is 20.2 Å². The molecule has 8 heteroatoms. The van der Waals surface area contributed by atoms with Crippen molar-refractivity contribution in [2.24, 2.45) is 0 Å². The molecule has 296 valence electrons. The van der Waals surface area contributed by atoms with Crippen molar-refractivity contribution in [3.8, 4) is 29.2 Å². The molecule has 2 N–H and O–H groups in total. The minimum absolute atomic E-state index is 0.242. The monoisotopic (exact) mass is 850 g/mol. The zero-order valence-electron chi connectivity index (χ0n) is 33.8. The van der Waals surface area contributed by atoms with Gasteiger partial charge < -0.3 is 19.4 Å². The largest absolute Gasteiger partial charge is 0.396 e. The second kappa shape index (κ2) is 12.8. The molecule has 9 aromatic carbocycles. The number of nitriles is 2. The van der Waals surface area contributed by atoms with E-state index in [4.69, 9.17) is 5.73 Å². The Morgan fingerprint density at radius 2 is 0.703 bits per heavy atom. The van der Waals surface area contributed by atoms with Crippen LogP contribution in [0.2, 0.25) is 0 Å². The van der Waals surface area contributed by atoms with Gasteiger partial charge in [0.15, 0.2) is 0 Å².